The number of benzene rings is 1. The third kappa shape index (κ3) is 4.60. The van der Waals surface area contributed by atoms with Gasteiger partial charge in [-0.3, -0.25) is 14.7 Å². The number of nitrogens with one attached hydrogen (secondary N) is 1. The molecule has 7 heteroatoms. The lowest BCUT2D eigenvalue weighted by Crippen LogP contribution is -2.44. The number of amides is 1. The van der Waals surface area contributed by atoms with Crippen LogP contribution in [0.5, 0.6) is 0 Å². The molecule has 0 unspecified atom stereocenters. The van der Waals surface area contributed by atoms with E-state index in [2.05, 4.69) is 15.2 Å². The lowest BCUT2D eigenvalue weighted by atomic mass is 10.0. The van der Waals surface area contributed by atoms with E-state index in [0.29, 0.717) is 12.8 Å². The molecule has 0 atom stereocenters. The van der Waals surface area contributed by atoms with Crippen molar-refractivity contribution in [3.05, 3.63) is 65.5 Å². The summed E-state index contributed by atoms with van der Waals surface area (Å²) in [6, 6.07) is 10.5. The number of hydrogen-bond acceptors (Lipinski definition) is 3. The maximum Gasteiger partial charge on any atom is 0.417 e. The van der Waals surface area contributed by atoms with Crippen molar-refractivity contribution in [1.29, 1.82) is 0 Å². The van der Waals surface area contributed by atoms with E-state index in [-0.39, 0.29) is 11.6 Å². The van der Waals surface area contributed by atoms with Crippen molar-refractivity contribution in [1.82, 2.24) is 15.2 Å². The van der Waals surface area contributed by atoms with E-state index in [4.69, 9.17) is 0 Å². The maximum absolute atomic E-state index is 13.1. The second-order valence-electron chi connectivity index (χ2n) is 6.39. The lowest BCUT2D eigenvalue weighted by molar-refractivity contribution is -0.137. The molecule has 138 valence electrons. The minimum atomic E-state index is -4.54. The Labute approximate surface area is 150 Å². The van der Waals surface area contributed by atoms with E-state index in [1.807, 2.05) is 18.2 Å². The Kier molecular flexibility index (Phi) is 5.56. The smallest absolute Gasteiger partial charge is 0.349 e. The molecule has 2 heterocycles. The SMILES string of the molecule is O=C(NC1CCN(Cc2ccccn2)CC1)c1ccccc1C(F)(F)F. The predicted octanol–water partition coefficient (Wildman–Crippen LogP) is 3.49. The zero-order valence-electron chi connectivity index (χ0n) is 14.2. The predicted molar refractivity (Wildman–Crippen MR) is 91.4 cm³/mol. The number of carbonyl (C=O) groups is 1. The molecular formula is C19H20F3N3O. The molecule has 2 aromatic rings. The topological polar surface area (TPSA) is 45.2 Å². The van der Waals surface area contributed by atoms with Crippen molar-refractivity contribution in [2.75, 3.05) is 13.1 Å². The van der Waals surface area contributed by atoms with Gasteiger partial charge in [-0.1, -0.05) is 18.2 Å². The van der Waals surface area contributed by atoms with E-state index in [1.54, 1.807) is 6.20 Å². The Morgan fingerprint density at radius 1 is 1.12 bits per heavy atom. The maximum atomic E-state index is 13.1. The Hall–Kier alpha value is -2.41. The van der Waals surface area contributed by atoms with Gasteiger partial charge in [0.05, 0.1) is 16.8 Å². The summed E-state index contributed by atoms with van der Waals surface area (Å²) in [5.41, 5.74) is -0.241. The Balaban J connectivity index is 1.56. The minimum Gasteiger partial charge on any atom is -0.349 e. The zero-order chi connectivity index (χ0) is 18.6. The molecule has 3 rings (SSSR count). The molecule has 0 radical (unpaired) electrons. The van der Waals surface area contributed by atoms with Crippen LogP contribution in [0, 0.1) is 0 Å². The Bertz CT molecular complexity index is 741. The molecule has 0 bridgehead atoms. The van der Waals surface area contributed by atoms with Crippen molar-refractivity contribution >= 4 is 5.91 Å². The zero-order valence-corrected chi connectivity index (χ0v) is 14.2. The van der Waals surface area contributed by atoms with Gasteiger partial charge in [0.1, 0.15) is 0 Å². The molecule has 1 fully saturated rings. The average molecular weight is 363 g/mol. The fourth-order valence-corrected chi connectivity index (χ4v) is 3.15. The summed E-state index contributed by atoms with van der Waals surface area (Å²) < 4.78 is 39.2. The van der Waals surface area contributed by atoms with Crippen LogP contribution in [0.15, 0.2) is 48.7 Å². The van der Waals surface area contributed by atoms with Gasteiger partial charge in [0.15, 0.2) is 0 Å². The summed E-state index contributed by atoms with van der Waals surface area (Å²) in [5.74, 6) is -0.666. The summed E-state index contributed by atoms with van der Waals surface area (Å²) in [6.45, 7) is 2.27. The number of rotatable bonds is 4. The summed E-state index contributed by atoms with van der Waals surface area (Å²) >= 11 is 0. The average Bonchev–Trinajstić information content (AvgIpc) is 2.63. The standard InChI is InChI=1S/C19H20F3N3O/c20-19(21,22)17-7-2-1-6-16(17)18(26)24-14-8-11-25(12-9-14)13-15-5-3-4-10-23-15/h1-7,10,14H,8-9,11-13H2,(H,24,26). The largest absolute Gasteiger partial charge is 0.417 e. The number of alkyl halides is 3. The third-order valence-electron chi connectivity index (χ3n) is 4.51. The molecule has 4 nitrogen and oxygen atoms in total. The number of piperidine rings is 1. The summed E-state index contributed by atoms with van der Waals surface area (Å²) in [4.78, 5) is 18.8. The van der Waals surface area contributed by atoms with Crippen LogP contribution in [0.1, 0.15) is 34.5 Å². The second-order valence-corrected chi connectivity index (χ2v) is 6.39. The van der Waals surface area contributed by atoms with Gasteiger partial charge < -0.3 is 5.32 Å². The van der Waals surface area contributed by atoms with Gasteiger partial charge in [0.2, 0.25) is 0 Å². The summed E-state index contributed by atoms with van der Waals surface area (Å²) in [7, 11) is 0. The summed E-state index contributed by atoms with van der Waals surface area (Å²) in [5, 5.41) is 2.75. The van der Waals surface area contributed by atoms with Crippen molar-refractivity contribution in [2.45, 2.75) is 31.6 Å². The number of hydrogen-bond donors (Lipinski definition) is 1. The van der Waals surface area contributed by atoms with Crippen LogP contribution in [0.2, 0.25) is 0 Å². The highest BCUT2D eigenvalue weighted by molar-refractivity contribution is 5.96. The number of aromatic nitrogens is 1. The van der Waals surface area contributed by atoms with Crippen LogP contribution >= 0.6 is 0 Å². The molecule has 0 aliphatic carbocycles. The van der Waals surface area contributed by atoms with E-state index in [1.165, 1.54) is 18.2 Å². The van der Waals surface area contributed by atoms with Gasteiger partial charge in [-0.2, -0.15) is 13.2 Å². The monoisotopic (exact) mass is 363 g/mol. The molecule has 0 saturated carbocycles. The summed E-state index contributed by atoms with van der Waals surface area (Å²) in [6.07, 6.45) is -1.39. The lowest BCUT2D eigenvalue weighted by Gasteiger charge is -2.32. The molecule has 1 aliphatic rings. The first-order chi connectivity index (χ1) is 12.4. The van der Waals surface area contributed by atoms with Gasteiger partial charge in [-0.25, -0.2) is 0 Å². The third-order valence-corrected chi connectivity index (χ3v) is 4.51. The normalized spacial score (nSPS) is 16.4. The van der Waals surface area contributed by atoms with Crippen molar-refractivity contribution < 1.29 is 18.0 Å². The van der Waals surface area contributed by atoms with Crippen molar-refractivity contribution in [3.63, 3.8) is 0 Å². The van der Waals surface area contributed by atoms with Gasteiger partial charge in [-0.15, -0.1) is 0 Å². The van der Waals surface area contributed by atoms with Gasteiger partial charge in [0.25, 0.3) is 5.91 Å². The Morgan fingerprint density at radius 3 is 2.46 bits per heavy atom. The number of halogens is 3. The fourth-order valence-electron chi connectivity index (χ4n) is 3.15. The van der Waals surface area contributed by atoms with E-state index in [9.17, 15) is 18.0 Å². The quantitative estimate of drug-likeness (QED) is 0.904. The van der Waals surface area contributed by atoms with Crippen LogP contribution in [0.3, 0.4) is 0 Å². The second kappa shape index (κ2) is 7.86. The van der Waals surface area contributed by atoms with E-state index >= 15 is 0 Å². The van der Waals surface area contributed by atoms with E-state index < -0.39 is 17.6 Å². The number of nitrogens with zero attached hydrogens (tertiary/aromatic N) is 2. The van der Waals surface area contributed by atoms with Crippen LogP contribution in [0.4, 0.5) is 13.2 Å². The molecule has 1 aromatic carbocycles. The van der Waals surface area contributed by atoms with Gasteiger partial charge in [-0.05, 0) is 37.1 Å². The molecule has 26 heavy (non-hydrogen) atoms. The molecule has 1 N–H and O–H groups in total. The molecule has 1 aromatic heterocycles. The van der Waals surface area contributed by atoms with Crippen molar-refractivity contribution in [2.24, 2.45) is 0 Å². The van der Waals surface area contributed by atoms with Gasteiger partial charge >= 0.3 is 6.18 Å². The minimum absolute atomic E-state index is 0.122. The first kappa shape index (κ1) is 18.4. The highest BCUT2D eigenvalue weighted by Gasteiger charge is 2.35. The molecule has 0 spiro atoms. The van der Waals surface area contributed by atoms with Crippen LogP contribution in [-0.4, -0.2) is 34.9 Å². The first-order valence-corrected chi connectivity index (χ1v) is 8.53. The molecule has 1 amide bonds. The highest BCUT2D eigenvalue weighted by Crippen LogP contribution is 2.31. The van der Waals surface area contributed by atoms with Crippen LogP contribution in [0.25, 0.3) is 0 Å². The van der Waals surface area contributed by atoms with E-state index in [0.717, 1.165) is 31.4 Å². The number of likely N-dealkylation sites (tertiary alicyclic amines) is 1. The van der Waals surface area contributed by atoms with Crippen LogP contribution in [-0.2, 0) is 12.7 Å². The molecule has 1 saturated heterocycles. The fraction of sp³-hybridized carbons (Fsp3) is 0.368. The molecule has 1 aliphatic heterocycles. The first-order valence-electron chi connectivity index (χ1n) is 8.53. The number of carbonyl (C=O) groups excluding carboxylic acids is 1. The Morgan fingerprint density at radius 2 is 1.81 bits per heavy atom. The highest BCUT2D eigenvalue weighted by atomic mass is 19.4. The molecular weight excluding hydrogens is 343 g/mol. The van der Waals surface area contributed by atoms with Gasteiger partial charge in [0, 0.05) is 31.9 Å². The van der Waals surface area contributed by atoms with Crippen molar-refractivity contribution in [3.8, 4) is 0 Å². The number of pyridine rings is 1. The van der Waals surface area contributed by atoms with Crippen LogP contribution < -0.4 is 5.32 Å².